The number of benzene rings is 1. The largest absolute Gasteiger partial charge is 0.494 e. The summed E-state index contributed by atoms with van der Waals surface area (Å²) in [5, 5.41) is 3.37. The number of unbranched alkanes of at least 4 members (excludes halogenated alkanes) is 1. The molecule has 1 aromatic carbocycles. The Morgan fingerprint density at radius 1 is 1.18 bits per heavy atom. The fourth-order valence-corrected chi connectivity index (χ4v) is 3.24. The number of hydrogen-bond acceptors (Lipinski definition) is 4. The molecule has 0 saturated carbocycles. The molecule has 6 nitrogen and oxygen atoms in total. The van der Waals surface area contributed by atoms with Gasteiger partial charge in [0.15, 0.2) is 5.96 Å². The zero-order valence-electron chi connectivity index (χ0n) is 17.6. The Labute approximate surface area is 169 Å². The summed E-state index contributed by atoms with van der Waals surface area (Å²) in [5.41, 5.74) is 1.24. The molecular formula is C22H35N3O3. The fourth-order valence-electron chi connectivity index (χ4n) is 3.24. The molecule has 2 rings (SSSR count). The van der Waals surface area contributed by atoms with E-state index in [1.54, 1.807) is 0 Å². The SMILES string of the molecule is CCNC(=NCCCCOc1ccc(C)cc1)N1CCC(C(=O)OCC)CC1. The van der Waals surface area contributed by atoms with E-state index in [0.717, 1.165) is 63.6 Å². The van der Waals surface area contributed by atoms with E-state index in [4.69, 9.17) is 14.5 Å². The molecule has 6 heteroatoms. The van der Waals surface area contributed by atoms with E-state index < -0.39 is 0 Å². The first kappa shape index (κ1) is 22.1. The Kier molecular flexibility index (Phi) is 9.66. The van der Waals surface area contributed by atoms with E-state index in [1.165, 1.54) is 5.56 Å². The number of nitrogens with one attached hydrogen (secondary N) is 1. The van der Waals surface area contributed by atoms with Crippen molar-refractivity contribution in [2.24, 2.45) is 10.9 Å². The van der Waals surface area contributed by atoms with Crippen LogP contribution in [0.1, 0.15) is 45.1 Å². The summed E-state index contributed by atoms with van der Waals surface area (Å²) >= 11 is 0. The second-order valence-electron chi connectivity index (χ2n) is 7.12. The van der Waals surface area contributed by atoms with Crippen molar-refractivity contribution < 1.29 is 14.3 Å². The average Bonchev–Trinajstić information content (AvgIpc) is 2.71. The van der Waals surface area contributed by atoms with E-state index in [2.05, 4.69) is 36.2 Å². The number of carbonyl (C=O) groups is 1. The Balaban J connectivity index is 1.70. The molecule has 0 radical (unpaired) electrons. The number of rotatable bonds is 9. The monoisotopic (exact) mass is 389 g/mol. The van der Waals surface area contributed by atoms with Gasteiger partial charge in [-0.1, -0.05) is 17.7 Å². The second kappa shape index (κ2) is 12.3. The highest BCUT2D eigenvalue weighted by Gasteiger charge is 2.27. The highest BCUT2D eigenvalue weighted by molar-refractivity contribution is 5.80. The zero-order valence-corrected chi connectivity index (χ0v) is 17.6. The van der Waals surface area contributed by atoms with Crippen molar-refractivity contribution in [1.82, 2.24) is 10.2 Å². The summed E-state index contributed by atoms with van der Waals surface area (Å²) < 4.78 is 10.9. The van der Waals surface area contributed by atoms with Gasteiger partial charge in [0.05, 0.1) is 19.1 Å². The number of ether oxygens (including phenoxy) is 2. The number of carbonyl (C=O) groups excluding carboxylic acids is 1. The second-order valence-corrected chi connectivity index (χ2v) is 7.12. The van der Waals surface area contributed by atoms with Crippen LogP contribution in [0.15, 0.2) is 29.3 Å². The van der Waals surface area contributed by atoms with Gasteiger partial charge in [0, 0.05) is 26.2 Å². The minimum Gasteiger partial charge on any atom is -0.494 e. The quantitative estimate of drug-likeness (QED) is 0.304. The maximum atomic E-state index is 11.9. The van der Waals surface area contributed by atoms with Crippen molar-refractivity contribution in [3.63, 3.8) is 0 Å². The molecular weight excluding hydrogens is 354 g/mol. The lowest BCUT2D eigenvalue weighted by Crippen LogP contribution is -2.46. The van der Waals surface area contributed by atoms with Crippen molar-refractivity contribution in [3.05, 3.63) is 29.8 Å². The molecule has 0 unspecified atom stereocenters. The molecule has 0 amide bonds. The van der Waals surface area contributed by atoms with Crippen molar-refractivity contribution >= 4 is 11.9 Å². The molecule has 1 fully saturated rings. The number of likely N-dealkylation sites (tertiary alicyclic amines) is 1. The molecule has 156 valence electrons. The Bertz CT molecular complexity index is 608. The van der Waals surface area contributed by atoms with Crippen LogP contribution in [0.25, 0.3) is 0 Å². The molecule has 1 heterocycles. The molecule has 1 aliphatic heterocycles. The van der Waals surface area contributed by atoms with Crippen LogP contribution in [-0.4, -0.2) is 56.2 Å². The summed E-state index contributed by atoms with van der Waals surface area (Å²) in [5.74, 6) is 1.84. The van der Waals surface area contributed by atoms with Crippen LogP contribution in [-0.2, 0) is 9.53 Å². The van der Waals surface area contributed by atoms with Crippen LogP contribution in [0, 0.1) is 12.8 Å². The van der Waals surface area contributed by atoms with Crippen molar-refractivity contribution in [3.8, 4) is 5.75 Å². The summed E-state index contributed by atoms with van der Waals surface area (Å²) in [7, 11) is 0. The molecule has 1 saturated heterocycles. The molecule has 0 atom stereocenters. The van der Waals surface area contributed by atoms with Gasteiger partial charge in [-0.15, -0.1) is 0 Å². The Morgan fingerprint density at radius 3 is 2.54 bits per heavy atom. The van der Waals surface area contributed by atoms with E-state index in [1.807, 2.05) is 19.1 Å². The molecule has 0 aliphatic carbocycles. The van der Waals surface area contributed by atoms with Gasteiger partial charge in [0.1, 0.15) is 5.75 Å². The van der Waals surface area contributed by atoms with Crippen molar-refractivity contribution in [2.45, 2.75) is 46.5 Å². The molecule has 1 aliphatic rings. The normalized spacial score (nSPS) is 15.4. The highest BCUT2D eigenvalue weighted by Crippen LogP contribution is 2.19. The average molecular weight is 390 g/mol. The minimum absolute atomic E-state index is 0.0259. The lowest BCUT2D eigenvalue weighted by Gasteiger charge is -2.33. The number of guanidine groups is 1. The van der Waals surface area contributed by atoms with E-state index in [9.17, 15) is 4.79 Å². The predicted octanol–water partition coefficient (Wildman–Crippen LogP) is 3.39. The Morgan fingerprint density at radius 2 is 1.89 bits per heavy atom. The maximum Gasteiger partial charge on any atom is 0.309 e. The van der Waals surface area contributed by atoms with Crippen LogP contribution >= 0.6 is 0 Å². The fraction of sp³-hybridized carbons (Fsp3) is 0.636. The number of hydrogen-bond donors (Lipinski definition) is 1. The van der Waals surface area contributed by atoms with E-state index >= 15 is 0 Å². The molecule has 28 heavy (non-hydrogen) atoms. The van der Waals surface area contributed by atoms with Crippen LogP contribution < -0.4 is 10.1 Å². The first-order valence-corrected chi connectivity index (χ1v) is 10.5. The number of aliphatic imine (C=N–C) groups is 1. The molecule has 1 N–H and O–H groups in total. The van der Waals surface area contributed by atoms with Gasteiger partial charge in [0.2, 0.25) is 0 Å². The smallest absolute Gasteiger partial charge is 0.309 e. The van der Waals surface area contributed by atoms with Crippen molar-refractivity contribution in [2.75, 3.05) is 39.4 Å². The number of esters is 1. The first-order valence-electron chi connectivity index (χ1n) is 10.5. The van der Waals surface area contributed by atoms with Crippen molar-refractivity contribution in [1.29, 1.82) is 0 Å². The van der Waals surface area contributed by atoms with Gasteiger partial charge in [-0.2, -0.15) is 0 Å². The van der Waals surface area contributed by atoms with Gasteiger partial charge < -0.3 is 19.7 Å². The highest BCUT2D eigenvalue weighted by atomic mass is 16.5. The third-order valence-electron chi connectivity index (χ3n) is 4.85. The van der Waals surface area contributed by atoms with Gasteiger partial charge >= 0.3 is 5.97 Å². The van der Waals surface area contributed by atoms with Gasteiger partial charge in [-0.3, -0.25) is 9.79 Å². The van der Waals surface area contributed by atoms with Gasteiger partial charge in [-0.05, 0) is 58.6 Å². The summed E-state index contributed by atoms with van der Waals surface area (Å²) in [6, 6.07) is 8.15. The molecule has 0 bridgehead atoms. The molecule has 1 aromatic rings. The zero-order chi connectivity index (χ0) is 20.2. The summed E-state index contributed by atoms with van der Waals surface area (Å²) in [6.07, 6.45) is 3.61. The van der Waals surface area contributed by atoms with Crippen LogP contribution in [0.5, 0.6) is 5.75 Å². The predicted molar refractivity (Wildman–Crippen MR) is 113 cm³/mol. The minimum atomic E-state index is -0.0577. The number of piperidine rings is 1. The summed E-state index contributed by atoms with van der Waals surface area (Å²) in [4.78, 5) is 18.9. The summed E-state index contributed by atoms with van der Waals surface area (Å²) in [6.45, 7) is 10.5. The van der Waals surface area contributed by atoms with Crippen LogP contribution in [0.2, 0.25) is 0 Å². The third-order valence-corrected chi connectivity index (χ3v) is 4.85. The van der Waals surface area contributed by atoms with Gasteiger partial charge in [0.25, 0.3) is 0 Å². The lowest BCUT2D eigenvalue weighted by molar-refractivity contribution is -0.149. The maximum absolute atomic E-state index is 11.9. The number of aryl methyl sites for hydroxylation is 1. The van der Waals surface area contributed by atoms with Crippen LogP contribution in [0.3, 0.4) is 0 Å². The topological polar surface area (TPSA) is 63.2 Å². The van der Waals surface area contributed by atoms with Gasteiger partial charge in [-0.25, -0.2) is 0 Å². The third kappa shape index (κ3) is 7.41. The van der Waals surface area contributed by atoms with E-state index in [0.29, 0.717) is 13.2 Å². The van der Waals surface area contributed by atoms with Crippen LogP contribution in [0.4, 0.5) is 0 Å². The lowest BCUT2D eigenvalue weighted by atomic mass is 9.97. The molecule has 0 spiro atoms. The molecule has 0 aromatic heterocycles. The number of nitrogens with zero attached hydrogens (tertiary/aromatic N) is 2. The standard InChI is InChI=1S/C22H35N3O3/c1-4-23-22(25-15-12-19(13-16-25)21(26)27-5-2)24-14-6-7-17-28-20-10-8-18(3)9-11-20/h8-11,19H,4-7,12-17H2,1-3H3,(H,23,24). The van der Waals surface area contributed by atoms with E-state index in [-0.39, 0.29) is 11.9 Å². The Hall–Kier alpha value is -2.24. The first-order chi connectivity index (χ1) is 13.6.